The molecular formula is C16H26N2O. The third kappa shape index (κ3) is 3.48. The molecule has 3 nitrogen and oxygen atoms in total. The number of hydrogen-bond acceptors (Lipinski definition) is 3. The van der Waals surface area contributed by atoms with Crippen molar-refractivity contribution in [3.63, 3.8) is 0 Å². The van der Waals surface area contributed by atoms with E-state index in [2.05, 4.69) is 36.9 Å². The Balaban J connectivity index is 2.13. The Morgan fingerprint density at radius 1 is 1.26 bits per heavy atom. The van der Waals surface area contributed by atoms with E-state index in [1.54, 1.807) is 7.11 Å². The first kappa shape index (κ1) is 14.4. The second-order valence-corrected chi connectivity index (χ2v) is 5.77. The number of rotatable bonds is 5. The second-order valence-electron chi connectivity index (χ2n) is 5.77. The lowest BCUT2D eigenvalue weighted by Gasteiger charge is -2.22. The van der Waals surface area contributed by atoms with E-state index in [0.29, 0.717) is 5.92 Å². The molecule has 0 bridgehead atoms. The minimum absolute atomic E-state index is 0.0364. The van der Waals surface area contributed by atoms with Gasteiger partial charge in [-0.25, -0.2) is 0 Å². The van der Waals surface area contributed by atoms with E-state index in [1.165, 1.54) is 31.5 Å². The summed E-state index contributed by atoms with van der Waals surface area (Å²) in [7, 11) is 1.73. The Kier molecular flexibility index (Phi) is 4.83. The average molecular weight is 262 g/mol. The molecule has 0 saturated carbocycles. The summed E-state index contributed by atoms with van der Waals surface area (Å²) in [6.45, 7) is 7.68. The molecule has 0 amide bonds. The standard InChI is InChI=1S/C16H26N2O/c1-12(2)13-6-7-14(16(10-13)19-3)15(17)11-18-8-4-5-9-18/h6-7,10,12,15H,4-5,8-9,11,17H2,1-3H3. The smallest absolute Gasteiger partial charge is 0.123 e. The monoisotopic (exact) mass is 262 g/mol. The number of likely N-dealkylation sites (tertiary alicyclic amines) is 1. The molecule has 0 spiro atoms. The summed E-state index contributed by atoms with van der Waals surface area (Å²) in [6, 6.07) is 6.47. The van der Waals surface area contributed by atoms with E-state index in [-0.39, 0.29) is 6.04 Å². The van der Waals surface area contributed by atoms with Crippen molar-refractivity contribution in [1.29, 1.82) is 0 Å². The fraction of sp³-hybridized carbons (Fsp3) is 0.625. The Bertz CT molecular complexity index is 411. The molecular weight excluding hydrogens is 236 g/mol. The maximum atomic E-state index is 6.36. The first-order valence-electron chi connectivity index (χ1n) is 7.27. The van der Waals surface area contributed by atoms with Gasteiger partial charge in [0.05, 0.1) is 7.11 Å². The van der Waals surface area contributed by atoms with Crippen LogP contribution >= 0.6 is 0 Å². The molecule has 1 unspecified atom stereocenters. The third-order valence-electron chi connectivity index (χ3n) is 3.98. The average Bonchev–Trinajstić information content (AvgIpc) is 2.90. The highest BCUT2D eigenvalue weighted by molar-refractivity contribution is 5.40. The van der Waals surface area contributed by atoms with Gasteiger partial charge in [-0.3, -0.25) is 0 Å². The third-order valence-corrected chi connectivity index (χ3v) is 3.98. The van der Waals surface area contributed by atoms with Gasteiger partial charge >= 0.3 is 0 Å². The zero-order valence-corrected chi connectivity index (χ0v) is 12.4. The molecule has 1 fully saturated rings. The topological polar surface area (TPSA) is 38.5 Å². The summed E-state index contributed by atoms with van der Waals surface area (Å²) in [5.41, 5.74) is 8.78. The molecule has 1 aliphatic rings. The van der Waals surface area contributed by atoms with Crippen molar-refractivity contribution in [1.82, 2.24) is 4.90 Å². The predicted molar refractivity (Wildman–Crippen MR) is 79.7 cm³/mol. The zero-order valence-electron chi connectivity index (χ0n) is 12.4. The number of nitrogens with zero attached hydrogens (tertiary/aromatic N) is 1. The van der Waals surface area contributed by atoms with Crippen molar-refractivity contribution < 1.29 is 4.74 Å². The fourth-order valence-electron chi connectivity index (χ4n) is 2.73. The molecule has 1 atom stereocenters. The molecule has 2 rings (SSSR count). The van der Waals surface area contributed by atoms with Crippen LogP contribution in [-0.4, -0.2) is 31.6 Å². The molecule has 1 heterocycles. The van der Waals surface area contributed by atoms with Gasteiger partial charge in [0.15, 0.2) is 0 Å². The Hall–Kier alpha value is -1.06. The minimum atomic E-state index is 0.0364. The van der Waals surface area contributed by atoms with Crippen LogP contribution in [0.2, 0.25) is 0 Å². The number of nitrogens with two attached hydrogens (primary N) is 1. The molecule has 19 heavy (non-hydrogen) atoms. The molecule has 1 aromatic carbocycles. The Labute approximate surface area is 116 Å². The van der Waals surface area contributed by atoms with Crippen molar-refractivity contribution in [2.24, 2.45) is 5.73 Å². The van der Waals surface area contributed by atoms with E-state index < -0.39 is 0 Å². The predicted octanol–water partition coefficient (Wildman–Crippen LogP) is 2.91. The van der Waals surface area contributed by atoms with Crippen molar-refractivity contribution >= 4 is 0 Å². The van der Waals surface area contributed by atoms with Crippen molar-refractivity contribution in [2.75, 3.05) is 26.7 Å². The van der Waals surface area contributed by atoms with Crippen LogP contribution in [0, 0.1) is 0 Å². The molecule has 2 N–H and O–H groups in total. The van der Waals surface area contributed by atoms with Crippen LogP contribution in [0.25, 0.3) is 0 Å². The number of ether oxygens (including phenoxy) is 1. The summed E-state index contributed by atoms with van der Waals surface area (Å²) < 4.78 is 5.52. The minimum Gasteiger partial charge on any atom is -0.496 e. The van der Waals surface area contributed by atoms with Crippen LogP contribution < -0.4 is 10.5 Å². The van der Waals surface area contributed by atoms with Gasteiger partial charge in [-0.15, -0.1) is 0 Å². The van der Waals surface area contributed by atoms with Gasteiger partial charge in [-0.05, 0) is 43.5 Å². The van der Waals surface area contributed by atoms with Gasteiger partial charge in [0.2, 0.25) is 0 Å². The van der Waals surface area contributed by atoms with E-state index in [0.717, 1.165) is 17.9 Å². The largest absolute Gasteiger partial charge is 0.496 e. The Morgan fingerprint density at radius 3 is 2.53 bits per heavy atom. The lowest BCUT2D eigenvalue weighted by Crippen LogP contribution is -2.30. The normalized spacial score (nSPS) is 17.9. The zero-order chi connectivity index (χ0) is 13.8. The van der Waals surface area contributed by atoms with Gasteiger partial charge in [-0.1, -0.05) is 26.0 Å². The van der Waals surface area contributed by atoms with Crippen LogP contribution in [0.15, 0.2) is 18.2 Å². The second kappa shape index (κ2) is 6.40. The summed E-state index contributed by atoms with van der Waals surface area (Å²) in [5, 5.41) is 0. The first-order valence-corrected chi connectivity index (χ1v) is 7.27. The van der Waals surface area contributed by atoms with Gasteiger partial charge < -0.3 is 15.4 Å². The molecule has 0 aliphatic carbocycles. The van der Waals surface area contributed by atoms with E-state index in [4.69, 9.17) is 10.5 Å². The van der Waals surface area contributed by atoms with Crippen LogP contribution in [-0.2, 0) is 0 Å². The molecule has 1 aliphatic heterocycles. The van der Waals surface area contributed by atoms with Gasteiger partial charge in [0, 0.05) is 18.2 Å². The number of hydrogen-bond donors (Lipinski definition) is 1. The first-order chi connectivity index (χ1) is 9.11. The van der Waals surface area contributed by atoms with Gasteiger partial charge in [0.25, 0.3) is 0 Å². The van der Waals surface area contributed by atoms with Crippen LogP contribution in [0.3, 0.4) is 0 Å². The van der Waals surface area contributed by atoms with Crippen LogP contribution in [0.1, 0.15) is 49.8 Å². The molecule has 0 aromatic heterocycles. The highest BCUT2D eigenvalue weighted by atomic mass is 16.5. The SMILES string of the molecule is COc1cc(C(C)C)ccc1C(N)CN1CCCC1. The number of benzene rings is 1. The highest BCUT2D eigenvalue weighted by Crippen LogP contribution is 2.29. The molecule has 1 saturated heterocycles. The Morgan fingerprint density at radius 2 is 1.95 bits per heavy atom. The van der Waals surface area contributed by atoms with Gasteiger partial charge in [0.1, 0.15) is 5.75 Å². The highest BCUT2D eigenvalue weighted by Gasteiger charge is 2.19. The molecule has 3 heteroatoms. The van der Waals surface area contributed by atoms with Crippen LogP contribution in [0.5, 0.6) is 5.75 Å². The molecule has 106 valence electrons. The van der Waals surface area contributed by atoms with Gasteiger partial charge in [-0.2, -0.15) is 0 Å². The lowest BCUT2D eigenvalue weighted by molar-refractivity contribution is 0.311. The summed E-state index contributed by atoms with van der Waals surface area (Å²) in [5.74, 6) is 1.44. The van der Waals surface area contributed by atoms with E-state index in [1.807, 2.05) is 0 Å². The molecule has 1 aromatic rings. The number of methoxy groups -OCH3 is 1. The van der Waals surface area contributed by atoms with Crippen molar-refractivity contribution in [3.8, 4) is 5.75 Å². The summed E-state index contributed by atoms with van der Waals surface area (Å²) in [4.78, 5) is 2.44. The lowest BCUT2D eigenvalue weighted by atomic mass is 9.98. The van der Waals surface area contributed by atoms with Crippen LogP contribution in [0.4, 0.5) is 0 Å². The summed E-state index contributed by atoms with van der Waals surface area (Å²) >= 11 is 0. The van der Waals surface area contributed by atoms with Crippen molar-refractivity contribution in [2.45, 2.75) is 38.6 Å². The molecule has 0 radical (unpaired) electrons. The maximum Gasteiger partial charge on any atom is 0.123 e. The summed E-state index contributed by atoms with van der Waals surface area (Å²) in [6.07, 6.45) is 2.60. The quantitative estimate of drug-likeness (QED) is 0.886. The van der Waals surface area contributed by atoms with E-state index >= 15 is 0 Å². The van der Waals surface area contributed by atoms with Crippen molar-refractivity contribution in [3.05, 3.63) is 29.3 Å². The fourth-order valence-corrected chi connectivity index (χ4v) is 2.73. The maximum absolute atomic E-state index is 6.36. The van der Waals surface area contributed by atoms with E-state index in [9.17, 15) is 0 Å².